The van der Waals surface area contributed by atoms with Crippen molar-refractivity contribution in [3.05, 3.63) is 0 Å². The first-order valence-corrected chi connectivity index (χ1v) is 18.4. The van der Waals surface area contributed by atoms with Crippen molar-refractivity contribution in [1.82, 2.24) is 4.90 Å². The molecule has 0 bridgehead atoms. The summed E-state index contributed by atoms with van der Waals surface area (Å²) in [5.41, 5.74) is 0. The first-order chi connectivity index (χ1) is 20.6. The molecule has 0 N–H and O–H groups in total. The monoisotopic (exact) mass is 596 g/mol. The highest BCUT2D eigenvalue weighted by Gasteiger charge is 2.14. The number of nitrogens with zero attached hydrogens (tertiary/aromatic N) is 1. The summed E-state index contributed by atoms with van der Waals surface area (Å²) in [5.74, 6) is 1.10. The minimum Gasteiger partial charge on any atom is -0.466 e. The van der Waals surface area contributed by atoms with Crippen molar-refractivity contribution in [3.8, 4) is 0 Å². The molecule has 1 aliphatic rings. The van der Waals surface area contributed by atoms with Crippen LogP contribution in [-0.4, -0.2) is 57.6 Å². The van der Waals surface area contributed by atoms with Gasteiger partial charge in [0.25, 0.3) is 0 Å². The van der Waals surface area contributed by atoms with Crippen LogP contribution in [0.2, 0.25) is 0 Å². The second-order valence-corrected chi connectivity index (χ2v) is 13.0. The van der Waals surface area contributed by atoms with E-state index in [2.05, 4.69) is 25.8 Å². The van der Waals surface area contributed by atoms with Crippen LogP contribution in [0.1, 0.15) is 174 Å². The number of methoxy groups -OCH3 is 1. The molecule has 0 aromatic rings. The molecule has 0 aliphatic carbocycles. The van der Waals surface area contributed by atoms with Gasteiger partial charge in [-0.1, -0.05) is 129 Å². The van der Waals surface area contributed by atoms with Crippen LogP contribution in [0.3, 0.4) is 0 Å². The van der Waals surface area contributed by atoms with Gasteiger partial charge >= 0.3 is 5.97 Å². The van der Waals surface area contributed by atoms with E-state index in [-0.39, 0.29) is 5.97 Å². The molecule has 0 aromatic carbocycles. The van der Waals surface area contributed by atoms with Crippen molar-refractivity contribution in [2.24, 2.45) is 11.8 Å². The summed E-state index contributed by atoms with van der Waals surface area (Å²) in [7, 11) is 3.94. The SMILES string of the molecule is CCCCCCCCCCC(CCCCCCCCC(=O)OCCCCCCCC)COC.CN1CCC(C=O)CC1. The van der Waals surface area contributed by atoms with E-state index in [1.807, 2.05) is 7.11 Å². The Morgan fingerprint density at radius 2 is 1.17 bits per heavy atom. The summed E-state index contributed by atoms with van der Waals surface area (Å²) in [6.45, 7) is 8.24. The van der Waals surface area contributed by atoms with Crippen LogP contribution in [0, 0.1) is 11.8 Å². The van der Waals surface area contributed by atoms with Gasteiger partial charge in [0.15, 0.2) is 0 Å². The fraction of sp³-hybridized carbons (Fsp3) is 0.946. The van der Waals surface area contributed by atoms with Gasteiger partial charge < -0.3 is 19.2 Å². The summed E-state index contributed by atoms with van der Waals surface area (Å²) in [4.78, 5) is 24.3. The quantitative estimate of drug-likeness (QED) is 0.0511. The van der Waals surface area contributed by atoms with Gasteiger partial charge in [-0.05, 0) is 64.6 Å². The Bertz CT molecular complexity index is 562. The molecular formula is C37H73NO4. The third-order valence-electron chi connectivity index (χ3n) is 8.83. The van der Waals surface area contributed by atoms with Crippen molar-refractivity contribution in [3.63, 3.8) is 0 Å². The van der Waals surface area contributed by atoms with E-state index in [1.165, 1.54) is 122 Å². The van der Waals surface area contributed by atoms with Gasteiger partial charge in [0, 0.05) is 26.1 Å². The van der Waals surface area contributed by atoms with Crippen molar-refractivity contribution in [2.45, 2.75) is 174 Å². The molecule has 0 spiro atoms. The number of hydrogen-bond acceptors (Lipinski definition) is 5. The standard InChI is InChI=1S/C30H60O3.C7H13NO/c1-4-6-8-10-12-13-16-20-24-29(28-32-3)25-21-17-14-15-18-22-26-30(31)33-27-23-19-11-9-7-5-2;1-8-4-2-7(6-9)3-5-8/h29H,4-28H2,1-3H3;6-7H,2-5H2,1H3. The first kappa shape index (κ1) is 41.1. The molecule has 1 saturated heterocycles. The average molecular weight is 596 g/mol. The second kappa shape index (κ2) is 33.0. The minimum absolute atomic E-state index is 0.00641. The van der Waals surface area contributed by atoms with E-state index in [1.54, 1.807) is 0 Å². The number of ether oxygens (including phenoxy) is 2. The van der Waals surface area contributed by atoms with Crippen molar-refractivity contribution >= 4 is 12.3 Å². The molecule has 1 aliphatic heterocycles. The fourth-order valence-corrected chi connectivity index (χ4v) is 5.83. The van der Waals surface area contributed by atoms with Crippen molar-refractivity contribution in [1.29, 1.82) is 0 Å². The highest BCUT2D eigenvalue weighted by atomic mass is 16.5. The highest BCUT2D eigenvalue weighted by molar-refractivity contribution is 5.69. The van der Waals surface area contributed by atoms with Gasteiger partial charge in [0.2, 0.25) is 0 Å². The number of aldehydes is 1. The van der Waals surface area contributed by atoms with E-state index < -0.39 is 0 Å². The van der Waals surface area contributed by atoms with Gasteiger partial charge in [-0.15, -0.1) is 0 Å². The molecule has 5 heteroatoms. The van der Waals surface area contributed by atoms with Crippen LogP contribution >= 0.6 is 0 Å². The van der Waals surface area contributed by atoms with E-state index in [0.717, 1.165) is 64.0 Å². The van der Waals surface area contributed by atoms with Crippen LogP contribution in [0.25, 0.3) is 0 Å². The Morgan fingerprint density at radius 3 is 1.64 bits per heavy atom. The van der Waals surface area contributed by atoms with E-state index >= 15 is 0 Å². The first-order valence-electron chi connectivity index (χ1n) is 18.4. The number of likely N-dealkylation sites (tertiary alicyclic amines) is 1. The van der Waals surface area contributed by atoms with Crippen LogP contribution in [0.15, 0.2) is 0 Å². The van der Waals surface area contributed by atoms with Crippen molar-refractivity contribution in [2.75, 3.05) is 40.5 Å². The molecule has 1 fully saturated rings. The van der Waals surface area contributed by atoms with Gasteiger partial charge in [-0.2, -0.15) is 0 Å². The normalized spacial score (nSPS) is 14.8. The van der Waals surface area contributed by atoms with Gasteiger partial charge in [0.05, 0.1) is 6.61 Å². The highest BCUT2D eigenvalue weighted by Crippen LogP contribution is 2.20. The van der Waals surface area contributed by atoms with Gasteiger partial charge in [-0.25, -0.2) is 0 Å². The topological polar surface area (TPSA) is 55.8 Å². The molecule has 1 unspecified atom stereocenters. The van der Waals surface area contributed by atoms with Crippen molar-refractivity contribution < 1.29 is 19.1 Å². The van der Waals surface area contributed by atoms with Gasteiger partial charge in [-0.3, -0.25) is 4.79 Å². The molecular weight excluding hydrogens is 522 g/mol. The Kier molecular flexibility index (Phi) is 32.2. The zero-order valence-corrected chi connectivity index (χ0v) is 28.8. The van der Waals surface area contributed by atoms with E-state index in [0.29, 0.717) is 18.9 Å². The summed E-state index contributed by atoms with van der Waals surface area (Å²) >= 11 is 0. The fourth-order valence-electron chi connectivity index (χ4n) is 5.83. The molecule has 0 radical (unpaired) electrons. The molecule has 1 atom stereocenters. The largest absolute Gasteiger partial charge is 0.466 e. The number of rotatable bonds is 28. The Morgan fingerprint density at radius 1 is 0.714 bits per heavy atom. The second-order valence-electron chi connectivity index (χ2n) is 13.0. The maximum Gasteiger partial charge on any atom is 0.305 e. The zero-order chi connectivity index (χ0) is 30.9. The van der Waals surface area contributed by atoms with Crippen LogP contribution in [-0.2, 0) is 19.1 Å². The van der Waals surface area contributed by atoms with Crippen LogP contribution < -0.4 is 0 Å². The Labute approximate surface area is 262 Å². The Balaban J connectivity index is 0.00000157. The number of carbonyl (C=O) groups excluding carboxylic acids is 2. The number of carbonyl (C=O) groups is 2. The van der Waals surface area contributed by atoms with Gasteiger partial charge in [0.1, 0.15) is 6.29 Å². The summed E-state index contributed by atoms with van der Waals surface area (Å²) in [6.07, 6.45) is 32.4. The summed E-state index contributed by atoms with van der Waals surface area (Å²) in [6, 6.07) is 0. The number of unbranched alkanes of at least 4 members (excludes halogenated alkanes) is 17. The summed E-state index contributed by atoms with van der Waals surface area (Å²) in [5, 5.41) is 0. The third kappa shape index (κ3) is 29.1. The predicted molar refractivity (Wildman–Crippen MR) is 180 cm³/mol. The molecule has 5 nitrogen and oxygen atoms in total. The van der Waals surface area contributed by atoms with E-state index in [4.69, 9.17) is 9.47 Å². The maximum absolute atomic E-state index is 11.8. The van der Waals surface area contributed by atoms with Crippen LogP contribution in [0.4, 0.5) is 0 Å². The Hall–Kier alpha value is -0.940. The molecule has 42 heavy (non-hydrogen) atoms. The van der Waals surface area contributed by atoms with Crippen LogP contribution in [0.5, 0.6) is 0 Å². The average Bonchev–Trinajstić information content (AvgIpc) is 3.00. The molecule has 0 saturated carbocycles. The smallest absolute Gasteiger partial charge is 0.305 e. The maximum atomic E-state index is 11.8. The molecule has 0 aromatic heterocycles. The summed E-state index contributed by atoms with van der Waals surface area (Å²) < 4.78 is 10.8. The number of piperidine rings is 1. The lowest BCUT2D eigenvalue weighted by Crippen LogP contribution is -2.30. The minimum atomic E-state index is 0.00641. The third-order valence-corrected chi connectivity index (χ3v) is 8.83. The van der Waals surface area contributed by atoms with E-state index in [9.17, 15) is 9.59 Å². The lowest BCUT2D eigenvalue weighted by Gasteiger charge is -2.25. The number of esters is 1. The lowest BCUT2D eigenvalue weighted by atomic mass is 9.94. The zero-order valence-electron chi connectivity index (χ0n) is 28.8. The number of hydrogen-bond donors (Lipinski definition) is 0. The predicted octanol–water partition coefficient (Wildman–Crippen LogP) is 10.3. The lowest BCUT2D eigenvalue weighted by molar-refractivity contribution is -0.143. The molecule has 1 rings (SSSR count). The molecule has 250 valence electrons. The molecule has 1 heterocycles. The molecule has 0 amide bonds.